The van der Waals surface area contributed by atoms with Gasteiger partial charge in [0.25, 0.3) is 0 Å². The lowest BCUT2D eigenvalue weighted by molar-refractivity contribution is 0.0794. The van der Waals surface area contributed by atoms with Crippen molar-refractivity contribution in [3.05, 3.63) is 53.3 Å². The van der Waals surface area contributed by atoms with Crippen LogP contribution in [0.4, 0.5) is 0 Å². The number of hydrogen-bond acceptors (Lipinski definition) is 4. The van der Waals surface area contributed by atoms with Crippen molar-refractivity contribution in [3.8, 4) is 0 Å². The number of ether oxygens (including phenoxy) is 1. The van der Waals surface area contributed by atoms with Gasteiger partial charge >= 0.3 is 0 Å². The van der Waals surface area contributed by atoms with E-state index in [1.54, 1.807) is 6.20 Å². The Morgan fingerprint density at radius 3 is 2.69 bits per heavy atom. The van der Waals surface area contributed by atoms with E-state index in [0.29, 0.717) is 6.54 Å². The largest absolute Gasteiger partial charge is 0.381 e. The Labute approximate surface area is 182 Å². The molecule has 29 heavy (non-hydrogen) atoms. The molecule has 3 rings (SSSR count). The second-order valence-electron chi connectivity index (χ2n) is 7.13. The number of guanidine groups is 1. The zero-order valence-corrected chi connectivity index (χ0v) is 18.7. The molecule has 2 aromatic rings. The molecule has 1 aliphatic rings. The molecule has 2 N–H and O–H groups in total. The molecule has 2 heterocycles. The maximum atomic E-state index is 6.07. The van der Waals surface area contributed by atoms with Gasteiger partial charge in [-0.25, -0.2) is 0 Å². The average molecular weight is 436 g/mol. The van der Waals surface area contributed by atoms with Crippen LogP contribution in [-0.2, 0) is 4.74 Å². The summed E-state index contributed by atoms with van der Waals surface area (Å²) in [5.74, 6) is 0.832. The third kappa shape index (κ3) is 6.14. The van der Waals surface area contributed by atoms with Crippen LogP contribution in [0.25, 0.3) is 0 Å². The standard InChI is InChI=1S/C21H30ClN5OS/c1-3-23-20(25-16-21(29-2)9-13-28-14-10-21)24-15-19(27-12-4-11-26-27)17-5-7-18(22)8-6-17/h4-8,11-12,19H,3,9-10,13-16H2,1-2H3,(H2,23,24,25). The second-order valence-corrected chi connectivity index (χ2v) is 8.84. The molecule has 158 valence electrons. The summed E-state index contributed by atoms with van der Waals surface area (Å²) in [6, 6.07) is 9.91. The average Bonchev–Trinajstić information content (AvgIpc) is 3.28. The zero-order chi connectivity index (χ0) is 20.5. The third-order valence-corrected chi connectivity index (χ3v) is 6.92. The van der Waals surface area contributed by atoms with E-state index in [9.17, 15) is 0 Å². The Morgan fingerprint density at radius 2 is 2.07 bits per heavy atom. The highest BCUT2D eigenvalue weighted by Crippen LogP contribution is 2.34. The lowest BCUT2D eigenvalue weighted by Crippen LogP contribution is -2.42. The summed E-state index contributed by atoms with van der Waals surface area (Å²) in [7, 11) is 0. The predicted molar refractivity (Wildman–Crippen MR) is 122 cm³/mol. The molecule has 6 nitrogen and oxygen atoms in total. The normalized spacial score (nSPS) is 17.7. The van der Waals surface area contributed by atoms with Gasteiger partial charge in [0.1, 0.15) is 0 Å². The Bertz CT molecular complexity index is 760. The Balaban J connectivity index is 1.71. The van der Waals surface area contributed by atoms with E-state index < -0.39 is 0 Å². The van der Waals surface area contributed by atoms with Gasteiger partial charge in [-0.2, -0.15) is 16.9 Å². The van der Waals surface area contributed by atoms with Gasteiger partial charge in [0.05, 0.1) is 12.6 Å². The maximum absolute atomic E-state index is 6.07. The Morgan fingerprint density at radius 1 is 1.31 bits per heavy atom. The highest BCUT2D eigenvalue weighted by atomic mass is 35.5. The fourth-order valence-corrected chi connectivity index (χ4v) is 4.34. The second kappa shape index (κ2) is 10.9. The van der Waals surface area contributed by atoms with Crippen LogP contribution in [-0.4, -0.2) is 59.6 Å². The molecule has 0 spiro atoms. The fourth-order valence-electron chi connectivity index (χ4n) is 3.44. The smallest absolute Gasteiger partial charge is 0.191 e. The zero-order valence-electron chi connectivity index (χ0n) is 17.1. The number of aromatic nitrogens is 2. The Hall–Kier alpha value is -1.70. The van der Waals surface area contributed by atoms with E-state index in [1.807, 2.05) is 53.0 Å². The molecule has 1 atom stereocenters. The first-order valence-electron chi connectivity index (χ1n) is 10.1. The van der Waals surface area contributed by atoms with Crippen molar-refractivity contribution < 1.29 is 4.74 Å². The van der Waals surface area contributed by atoms with Crippen LogP contribution in [0.3, 0.4) is 0 Å². The van der Waals surface area contributed by atoms with Gasteiger partial charge in [-0.15, -0.1) is 0 Å². The van der Waals surface area contributed by atoms with Crippen LogP contribution in [0.2, 0.25) is 5.02 Å². The van der Waals surface area contributed by atoms with Gasteiger partial charge < -0.3 is 15.4 Å². The van der Waals surface area contributed by atoms with Crippen molar-refractivity contribution in [2.75, 3.05) is 39.1 Å². The molecule has 1 aromatic carbocycles. The summed E-state index contributed by atoms with van der Waals surface area (Å²) in [5.41, 5.74) is 1.14. The molecule has 1 unspecified atom stereocenters. The Kier molecular flexibility index (Phi) is 8.27. The number of benzene rings is 1. The number of aliphatic imine (C=N–C) groups is 1. The monoisotopic (exact) mass is 435 g/mol. The van der Waals surface area contributed by atoms with E-state index >= 15 is 0 Å². The molecule has 0 amide bonds. The van der Waals surface area contributed by atoms with E-state index in [2.05, 4.69) is 28.9 Å². The summed E-state index contributed by atoms with van der Waals surface area (Å²) < 4.78 is 7.67. The van der Waals surface area contributed by atoms with Gasteiger partial charge in [0.2, 0.25) is 0 Å². The number of thioether (sulfide) groups is 1. The van der Waals surface area contributed by atoms with Crippen LogP contribution >= 0.6 is 23.4 Å². The summed E-state index contributed by atoms with van der Waals surface area (Å²) >= 11 is 7.98. The molecule has 0 bridgehead atoms. The van der Waals surface area contributed by atoms with Crippen LogP contribution < -0.4 is 10.6 Å². The van der Waals surface area contributed by atoms with Crippen molar-refractivity contribution in [1.82, 2.24) is 20.4 Å². The van der Waals surface area contributed by atoms with E-state index in [1.165, 1.54) is 0 Å². The molecule has 1 saturated heterocycles. The van der Waals surface area contributed by atoms with Crippen LogP contribution in [0.1, 0.15) is 31.4 Å². The molecule has 0 radical (unpaired) electrons. The van der Waals surface area contributed by atoms with Gasteiger partial charge in [-0.3, -0.25) is 9.67 Å². The summed E-state index contributed by atoms with van der Waals surface area (Å²) in [4.78, 5) is 4.91. The molecular weight excluding hydrogens is 406 g/mol. The number of hydrogen-bond donors (Lipinski definition) is 2. The number of halogens is 1. The molecule has 1 fully saturated rings. The first-order valence-corrected chi connectivity index (χ1v) is 11.7. The van der Waals surface area contributed by atoms with Gasteiger partial charge in [-0.05, 0) is 49.8 Å². The van der Waals surface area contributed by atoms with Crippen LogP contribution in [0.15, 0.2) is 47.7 Å². The van der Waals surface area contributed by atoms with Crippen LogP contribution in [0, 0.1) is 0 Å². The van der Waals surface area contributed by atoms with Crippen molar-refractivity contribution in [2.24, 2.45) is 4.99 Å². The van der Waals surface area contributed by atoms with Crippen molar-refractivity contribution in [3.63, 3.8) is 0 Å². The number of nitrogens with one attached hydrogen (secondary N) is 2. The maximum Gasteiger partial charge on any atom is 0.191 e. The fraction of sp³-hybridized carbons (Fsp3) is 0.524. The third-order valence-electron chi connectivity index (χ3n) is 5.27. The summed E-state index contributed by atoms with van der Waals surface area (Å²) in [6.07, 6.45) is 8.04. The van der Waals surface area contributed by atoms with Crippen LogP contribution in [0.5, 0.6) is 0 Å². The van der Waals surface area contributed by atoms with E-state index in [4.69, 9.17) is 21.3 Å². The number of nitrogens with zero attached hydrogens (tertiary/aromatic N) is 3. The SMILES string of the molecule is CCNC(=NCC1(SC)CCOCC1)NCC(c1ccc(Cl)cc1)n1cccn1. The first kappa shape index (κ1) is 22.0. The minimum Gasteiger partial charge on any atom is -0.381 e. The molecule has 1 aliphatic heterocycles. The minimum atomic E-state index is 0.0451. The first-order chi connectivity index (χ1) is 14.2. The summed E-state index contributed by atoms with van der Waals surface area (Å²) in [6.45, 7) is 5.98. The van der Waals surface area contributed by atoms with Crippen molar-refractivity contribution in [1.29, 1.82) is 0 Å². The van der Waals surface area contributed by atoms with Gasteiger partial charge in [0, 0.05) is 48.5 Å². The number of rotatable bonds is 8. The highest BCUT2D eigenvalue weighted by Gasteiger charge is 2.31. The lowest BCUT2D eigenvalue weighted by Gasteiger charge is -2.34. The molecular formula is C21H30ClN5OS. The van der Waals surface area contributed by atoms with Crippen molar-refractivity contribution in [2.45, 2.75) is 30.6 Å². The van der Waals surface area contributed by atoms with Crippen molar-refractivity contribution >= 4 is 29.3 Å². The van der Waals surface area contributed by atoms with Gasteiger partial charge in [-0.1, -0.05) is 23.7 Å². The topological polar surface area (TPSA) is 63.5 Å². The highest BCUT2D eigenvalue weighted by molar-refractivity contribution is 8.00. The molecule has 1 aromatic heterocycles. The van der Waals surface area contributed by atoms with E-state index in [0.717, 1.165) is 55.7 Å². The predicted octanol–water partition coefficient (Wildman–Crippen LogP) is 3.59. The molecule has 0 aliphatic carbocycles. The summed E-state index contributed by atoms with van der Waals surface area (Å²) in [5, 5.41) is 12.1. The van der Waals surface area contributed by atoms with Gasteiger partial charge in [0.15, 0.2) is 5.96 Å². The lowest BCUT2D eigenvalue weighted by atomic mass is 9.99. The minimum absolute atomic E-state index is 0.0451. The van der Waals surface area contributed by atoms with E-state index in [-0.39, 0.29) is 10.8 Å². The molecule has 8 heteroatoms. The molecule has 0 saturated carbocycles. The quantitative estimate of drug-likeness (QED) is 0.490.